The Morgan fingerprint density at radius 2 is 2.23 bits per heavy atom. The van der Waals surface area contributed by atoms with E-state index in [2.05, 4.69) is 22.5 Å². The number of rotatable bonds is 3. The fraction of sp³-hybridized carbons (Fsp3) is 0.200. The van der Waals surface area contributed by atoms with Crippen LogP contribution in [-0.2, 0) is 0 Å². The van der Waals surface area contributed by atoms with Crippen molar-refractivity contribution in [3.63, 3.8) is 0 Å². The predicted octanol–water partition coefficient (Wildman–Crippen LogP) is 2.61. The molecule has 1 rings (SSSR count). The van der Waals surface area contributed by atoms with Gasteiger partial charge >= 0.3 is 0 Å². The maximum Gasteiger partial charge on any atom is 0.0458 e. The molecule has 0 amide bonds. The Balaban J connectivity index is 2.89. The second-order valence-electron chi connectivity index (χ2n) is 2.91. The van der Waals surface area contributed by atoms with E-state index >= 15 is 0 Å². The number of benzene rings is 1. The van der Waals surface area contributed by atoms with Crippen molar-refractivity contribution in [1.29, 1.82) is 0 Å². The first-order valence-corrected chi connectivity index (χ1v) is 4.86. The zero-order chi connectivity index (χ0) is 9.84. The molecule has 0 saturated heterocycles. The highest BCUT2D eigenvalue weighted by Gasteiger charge is 2.05. The average Bonchev–Trinajstić information content (AvgIpc) is 2.10. The molecule has 13 heavy (non-hydrogen) atoms. The van der Waals surface area contributed by atoms with E-state index < -0.39 is 0 Å². The Hall–Kier alpha value is -0.800. The largest absolute Gasteiger partial charge is 0.398 e. The molecule has 0 fully saturated rings. The van der Waals surface area contributed by atoms with Gasteiger partial charge in [-0.25, -0.2) is 0 Å². The molecule has 0 aliphatic carbocycles. The first kappa shape index (κ1) is 10.3. The van der Waals surface area contributed by atoms with Crippen LogP contribution in [0.15, 0.2) is 35.3 Å². The van der Waals surface area contributed by atoms with Gasteiger partial charge in [-0.3, -0.25) is 0 Å². The van der Waals surface area contributed by atoms with Crippen LogP contribution in [0, 0.1) is 0 Å². The van der Waals surface area contributed by atoms with E-state index in [9.17, 15) is 0 Å². The van der Waals surface area contributed by atoms with Crippen LogP contribution in [0.25, 0.3) is 0 Å². The Morgan fingerprint density at radius 1 is 1.54 bits per heavy atom. The molecule has 3 heteroatoms. The molecule has 0 bridgehead atoms. The van der Waals surface area contributed by atoms with Gasteiger partial charge in [-0.05, 0) is 40.0 Å². The lowest BCUT2D eigenvalue weighted by molar-refractivity contribution is 0.741. The SMILES string of the molecule is C=CC[C@@H](N)c1ccc(N)c(Br)c1. The third kappa shape index (κ3) is 2.57. The molecule has 0 unspecified atom stereocenters. The van der Waals surface area contributed by atoms with Gasteiger partial charge < -0.3 is 11.5 Å². The number of anilines is 1. The van der Waals surface area contributed by atoms with Gasteiger partial charge in [-0.15, -0.1) is 6.58 Å². The van der Waals surface area contributed by atoms with Crippen LogP contribution in [-0.4, -0.2) is 0 Å². The van der Waals surface area contributed by atoms with Crippen molar-refractivity contribution in [3.8, 4) is 0 Å². The van der Waals surface area contributed by atoms with Crippen molar-refractivity contribution in [2.45, 2.75) is 12.5 Å². The van der Waals surface area contributed by atoms with E-state index in [0.29, 0.717) is 0 Å². The summed E-state index contributed by atoms with van der Waals surface area (Å²) < 4.78 is 0.893. The third-order valence-corrected chi connectivity index (χ3v) is 2.56. The number of hydrogen-bond donors (Lipinski definition) is 2. The molecular formula is C10H13BrN2. The number of nitrogen functional groups attached to an aromatic ring is 1. The Kier molecular flexibility index (Phi) is 3.51. The second-order valence-corrected chi connectivity index (χ2v) is 3.77. The summed E-state index contributed by atoms with van der Waals surface area (Å²) in [6.45, 7) is 3.65. The smallest absolute Gasteiger partial charge is 0.0458 e. The normalized spacial score (nSPS) is 12.5. The van der Waals surface area contributed by atoms with Gasteiger partial charge in [0.05, 0.1) is 0 Å². The van der Waals surface area contributed by atoms with Gasteiger partial charge in [0.15, 0.2) is 0 Å². The standard InChI is InChI=1S/C10H13BrN2/c1-2-3-9(12)7-4-5-10(13)8(11)6-7/h2,4-6,9H,1,3,12-13H2/t9-/m1/s1. The molecule has 2 nitrogen and oxygen atoms in total. The number of hydrogen-bond acceptors (Lipinski definition) is 2. The molecule has 4 N–H and O–H groups in total. The molecule has 0 saturated carbocycles. The molecule has 1 aromatic rings. The summed E-state index contributed by atoms with van der Waals surface area (Å²) in [6, 6.07) is 5.74. The number of nitrogens with two attached hydrogens (primary N) is 2. The van der Waals surface area contributed by atoms with Crippen LogP contribution in [0.2, 0.25) is 0 Å². The summed E-state index contributed by atoms with van der Waals surface area (Å²) in [6.07, 6.45) is 2.59. The lowest BCUT2D eigenvalue weighted by atomic mass is 10.0. The van der Waals surface area contributed by atoms with Crippen LogP contribution in [0.5, 0.6) is 0 Å². The highest BCUT2D eigenvalue weighted by molar-refractivity contribution is 9.10. The predicted molar refractivity (Wildman–Crippen MR) is 60.3 cm³/mol. The molecule has 0 aromatic heterocycles. The fourth-order valence-electron chi connectivity index (χ4n) is 1.09. The van der Waals surface area contributed by atoms with E-state index in [1.54, 1.807) is 0 Å². The average molecular weight is 241 g/mol. The van der Waals surface area contributed by atoms with Crippen molar-refractivity contribution in [2.24, 2.45) is 5.73 Å². The van der Waals surface area contributed by atoms with Crippen LogP contribution in [0.1, 0.15) is 18.0 Å². The summed E-state index contributed by atoms with van der Waals surface area (Å²) in [5.41, 5.74) is 13.3. The maximum absolute atomic E-state index is 5.89. The first-order chi connectivity index (χ1) is 6.15. The van der Waals surface area contributed by atoms with Crippen molar-refractivity contribution in [2.75, 3.05) is 5.73 Å². The molecule has 0 spiro atoms. The minimum Gasteiger partial charge on any atom is -0.398 e. The van der Waals surface area contributed by atoms with Gasteiger partial charge in [-0.2, -0.15) is 0 Å². The van der Waals surface area contributed by atoms with E-state index in [1.165, 1.54) is 0 Å². The Labute approximate surface area is 86.7 Å². The maximum atomic E-state index is 5.89. The number of halogens is 1. The minimum absolute atomic E-state index is 0.00870. The molecule has 0 radical (unpaired) electrons. The van der Waals surface area contributed by atoms with E-state index in [0.717, 1.165) is 22.1 Å². The van der Waals surface area contributed by atoms with Crippen LogP contribution >= 0.6 is 15.9 Å². The third-order valence-electron chi connectivity index (χ3n) is 1.87. The monoisotopic (exact) mass is 240 g/mol. The van der Waals surface area contributed by atoms with Gasteiger partial charge in [0.1, 0.15) is 0 Å². The van der Waals surface area contributed by atoms with Crippen molar-refractivity contribution < 1.29 is 0 Å². The Bertz CT molecular complexity index is 310. The summed E-state index contributed by atoms with van der Waals surface area (Å²) in [5, 5.41) is 0. The lowest BCUT2D eigenvalue weighted by Gasteiger charge is -2.10. The van der Waals surface area contributed by atoms with Crippen LogP contribution < -0.4 is 11.5 Å². The summed E-state index contributed by atoms with van der Waals surface area (Å²) in [5.74, 6) is 0. The molecule has 0 heterocycles. The summed E-state index contributed by atoms with van der Waals surface area (Å²) in [4.78, 5) is 0. The van der Waals surface area contributed by atoms with E-state index in [1.807, 2.05) is 24.3 Å². The van der Waals surface area contributed by atoms with Gasteiger partial charge in [0, 0.05) is 16.2 Å². The topological polar surface area (TPSA) is 52.0 Å². The highest BCUT2D eigenvalue weighted by Crippen LogP contribution is 2.24. The van der Waals surface area contributed by atoms with Gasteiger partial charge in [0.2, 0.25) is 0 Å². The molecule has 0 aliphatic heterocycles. The zero-order valence-corrected chi connectivity index (χ0v) is 8.92. The summed E-state index contributed by atoms with van der Waals surface area (Å²) in [7, 11) is 0. The van der Waals surface area contributed by atoms with Crippen molar-refractivity contribution in [3.05, 3.63) is 40.9 Å². The van der Waals surface area contributed by atoms with Crippen molar-refractivity contribution in [1.82, 2.24) is 0 Å². The first-order valence-electron chi connectivity index (χ1n) is 4.06. The van der Waals surface area contributed by atoms with Crippen molar-refractivity contribution >= 4 is 21.6 Å². The molecular weight excluding hydrogens is 228 g/mol. The van der Waals surface area contributed by atoms with Crippen LogP contribution in [0.3, 0.4) is 0 Å². The molecule has 70 valence electrons. The van der Waals surface area contributed by atoms with Gasteiger partial charge in [0.25, 0.3) is 0 Å². The van der Waals surface area contributed by atoms with E-state index in [-0.39, 0.29) is 6.04 Å². The second kappa shape index (κ2) is 4.44. The molecule has 1 atom stereocenters. The van der Waals surface area contributed by atoms with Gasteiger partial charge in [-0.1, -0.05) is 12.1 Å². The highest BCUT2D eigenvalue weighted by atomic mass is 79.9. The van der Waals surface area contributed by atoms with E-state index in [4.69, 9.17) is 11.5 Å². The molecule has 1 aromatic carbocycles. The minimum atomic E-state index is 0.00870. The van der Waals surface area contributed by atoms with Crippen LogP contribution in [0.4, 0.5) is 5.69 Å². The Morgan fingerprint density at radius 3 is 2.77 bits per heavy atom. The molecule has 0 aliphatic rings. The quantitative estimate of drug-likeness (QED) is 0.631. The fourth-order valence-corrected chi connectivity index (χ4v) is 1.49. The lowest BCUT2D eigenvalue weighted by Crippen LogP contribution is -2.09. The zero-order valence-electron chi connectivity index (χ0n) is 7.33. The summed E-state index contributed by atoms with van der Waals surface area (Å²) >= 11 is 3.36.